The summed E-state index contributed by atoms with van der Waals surface area (Å²) >= 11 is 5.97. The monoisotopic (exact) mass is 587 g/mol. The van der Waals surface area contributed by atoms with Crippen LogP contribution in [0, 0.1) is 27.7 Å². The van der Waals surface area contributed by atoms with E-state index in [1.54, 1.807) is 6.20 Å². The second-order valence-corrected chi connectivity index (χ2v) is 11.3. The molecule has 0 radical (unpaired) electrons. The van der Waals surface area contributed by atoms with Gasteiger partial charge in [-0.05, 0) is 93.4 Å². The van der Waals surface area contributed by atoms with E-state index in [4.69, 9.17) is 11.6 Å². The minimum Gasteiger partial charge on any atom is -0.339 e. The second-order valence-electron chi connectivity index (χ2n) is 10.8. The van der Waals surface area contributed by atoms with Crippen LogP contribution in [0.15, 0.2) is 85.2 Å². The molecule has 0 unspecified atom stereocenters. The predicted molar refractivity (Wildman–Crippen MR) is 170 cm³/mol. The molecule has 0 fully saturated rings. The van der Waals surface area contributed by atoms with Crippen LogP contribution in [0.25, 0.3) is 33.4 Å². The summed E-state index contributed by atoms with van der Waals surface area (Å²) in [4.78, 5) is 4.19. The van der Waals surface area contributed by atoms with Crippen molar-refractivity contribution >= 4 is 45.0 Å². The van der Waals surface area contributed by atoms with Gasteiger partial charge in [-0.3, -0.25) is 13.8 Å². The molecule has 0 saturated heterocycles. The zero-order chi connectivity index (χ0) is 29.7. The molecule has 0 saturated carbocycles. The van der Waals surface area contributed by atoms with Crippen LogP contribution in [0.2, 0.25) is 5.02 Å². The molecule has 7 aromatic heterocycles. The Labute approximate surface area is 253 Å². The number of aromatic nitrogens is 9. The first kappa shape index (κ1) is 26.9. The highest BCUT2D eigenvalue weighted by molar-refractivity contribution is 6.30. The van der Waals surface area contributed by atoms with Crippen molar-refractivity contribution in [1.29, 1.82) is 0 Å². The van der Waals surface area contributed by atoms with Gasteiger partial charge in [-0.2, -0.15) is 0 Å². The van der Waals surface area contributed by atoms with E-state index >= 15 is 0 Å². The van der Waals surface area contributed by atoms with Crippen molar-refractivity contribution in [2.75, 3.05) is 0 Å². The van der Waals surface area contributed by atoms with E-state index in [0.717, 1.165) is 52.1 Å². The topological polar surface area (TPSA) is 83.1 Å². The van der Waals surface area contributed by atoms with Crippen LogP contribution in [-0.2, 0) is 13.1 Å². The first-order valence-corrected chi connectivity index (χ1v) is 14.5. The molecule has 0 atom stereocenters. The molecule has 0 N–H and O–H groups in total. The molecule has 8 aromatic rings. The summed E-state index contributed by atoms with van der Waals surface area (Å²) in [6, 6.07) is 24.7. The van der Waals surface area contributed by atoms with Crippen LogP contribution in [-0.4, -0.2) is 43.3 Å². The average Bonchev–Trinajstić information content (AvgIpc) is 3.75. The summed E-state index contributed by atoms with van der Waals surface area (Å²) in [6.45, 7) is 9.84. The van der Waals surface area contributed by atoms with Crippen molar-refractivity contribution < 1.29 is 0 Å². The molecule has 8 rings (SSSR count). The standard InChI is InChI=1S/C17H15ClN4.C16H15N5/c1-11-9-16-15(7-8-17-20-19-12(2)22(16)17)21(11)10-13-3-5-14(18)6-4-13;1-11-8-15-14(5-6-16-19-18-12(2)21(15)16)20(11)10-13-4-3-7-17-9-13/h3-9H,10H2,1-2H3;3-9H,10H2,1-2H3. The number of nitrogens with zero attached hydrogens (tertiary/aromatic N) is 9. The maximum Gasteiger partial charge on any atom is 0.161 e. The van der Waals surface area contributed by atoms with Crippen molar-refractivity contribution in [2.24, 2.45) is 0 Å². The lowest BCUT2D eigenvalue weighted by atomic mass is 10.2. The zero-order valence-corrected chi connectivity index (χ0v) is 25.2. The lowest BCUT2D eigenvalue weighted by Crippen LogP contribution is -2.02. The van der Waals surface area contributed by atoms with Gasteiger partial charge in [-0.15, -0.1) is 20.4 Å². The van der Waals surface area contributed by atoms with Crippen LogP contribution < -0.4 is 0 Å². The van der Waals surface area contributed by atoms with Gasteiger partial charge in [0.25, 0.3) is 0 Å². The Morgan fingerprint density at radius 2 is 1.12 bits per heavy atom. The highest BCUT2D eigenvalue weighted by atomic mass is 35.5. The Balaban J connectivity index is 0.000000140. The molecular formula is C33H30ClN9. The van der Waals surface area contributed by atoms with E-state index in [0.29, 0.717) is 0 Å². The highest BCUT2D eigenvalue weighted by Crippen LogP contribution is 2.25. The lowest BCUT2D eigenvalue weighted by Gasteiger charge is -2.09. The molecule has 214 valence electrons. The number of halogens is 1. The number of rotatable bonds is 4. The van der Waals surface area contributed by atoms with Crippen LogP contribution in [0.3, 0.4) is 0 Å². The maximum absolute atomic E-state index is 5.97. The van der Waals surface area contributed by atoms with Crippen LogP contribution in [0.4, 0.5) is 0 Å². The fourth-order valence-corrected chi connectivity index (χ4v) is 5.93. The second kappa shape index (κ2) is 10.7. The van der Waals surface area contributed by atoms with E-state index < -0.39 is 0 Å². The number of hydrogen-bond donors (Lipinski definition) is 0. The van der Waals surface area contributed by atoms with Gasteiger partial charge in [0, 0.05) is 41.9 Å². The quantitative estimate of drug-likeness (QED) is 0.227. The minimum absolute atomic E-state index is 0.764. The molecule has 7 heterocycles. The Morgan fingerprint density at radius 3 is 1.63 bits per heavy atom. The molecule has 0 amide bonds. The van der Waals surface area contributed by atoms with Crippen molar-refractivity contribution in [3.05, 3.63) is 124 Å². The van der Waals surface area contributed by atoms with E-state index in [2.05, 4.69) is 99.6 Å². The van der Waals surface area contributed by atoms with Crippen molar-refractivity contribution in [1.82, 2.24) is 43.3 Å². The van der Waals surface area contributed by atoms with Crippen LogP contribution in [0.5, 0.6) is 0 Å². The first-order valence-electron chi connectivity index (χ1n) is 14.1. The molecule has 0 aliphatic carbocycles. The molecule has 0 aliphatic rings. The van der Waals surface area contributed by atoms with Gasteiger partial charge in [0.05, 0.1) is 22.1 Å². The average molecular weight is 588 g/mol. The van der Waals surface area contributed by atoms with Gasteiger partial charge in [-0.1, -0.05) is 29.8 Å². The van der Waals surface area contributed by atoms with E-state index in [1.807, 2.05) is 50.4 Å². The summed E-state index contributed by atoms with van der Waals surface area (Å²) in [7, 11) is 0. The zero-order valence-electron chi connectivity index (χ0n) is 24.4. The molecule has 0 spiro atoms. The lowest BCUT2D eigenvalue weighted by molar-refractivity contribution is 0.800. The van der Waals surface area contributed by atoms with E-state index in [9.17, 15) is 0 Å². The number of aryl methyl sites for hydroxylation is 4. The molecule has 9 nitrogen and oxygen atoms in total. The molecule has 10 heteroatoms. The van der Waals surface area contributed by atoms with Gasteiger partial charge >= 0.3 is 0 Å². The largest absolute Gasteiger partial charge is 0.339 e. The Hall–Kier alpha value is -5.02. The Kier molecular flexibility index (Phi) is 6.66. The molecule has 1 aromatic carbocycles. The normalized spacial score (nSPS) is 11.6. The summed E-state index contributed by atoms with van der Waals surface area (Å²) in [6.07, 6.45) is 3.71. The van der Waals surface area contributed by atoms with Crippen LogP contribution >= 0.6 is 11.6 Å². The van der Waals surface area contributed by atoms with Crippen molar-refractivity contribution in [2.45, 2.75) is 40.8 Å². The summed E-state index contributed by atoms with van der Waals surface area (Å²) in [5.74, 6) is 1.82. The van der Waals surface area contributed by atoms with E-state index in [1.165, 1.54) is 33.5 Å². The fourth-order valence-electron chi connectivity index (χ4n) is 5.81. The van der Waals surface area contributed by atoms with Gasteiger partial charge in [-0.25, -0.2) is 0 Å². The number of pyridine rings is 3. The summed E-state index contributed by atoms with van der Waals surface area (Å²) in [5.41, 5.74) is 11.3. The SMILES string of the molecule is Cc1cc2c(ccc3nnc(C)n32)n1Cc1ccc(Cl)cc1.Cc1cc2c(ccc3nnc(C)n32)n1Cc1cccnc1. The predicted octanol–water partition coefficient (Wildman–Crippen LogP) is 6.75. The third-order valence-electron chi connectivity index (χ3n) is 7.93. The van der Waals surface area contributed by atoms with Gasteiger partial charge in [0.2, 0.25) is 0 Å². The Morgan fingerprint density at radius 1 is 0.581 bits per heavy atom. The first-order chi connectivity index (χ1) is 20.9. The molecule has 0 bridgehead atoms. The molecular weight excluding hydrogens is 558 g/mol. The molecule has 0 aliphatic heterocycles. The third-order valence-corrected chi connectivity index (χ3v) is 8.18. The Bertz CT molecular complexity index is 2240. The minimum atomic E-state index is 0.764. The van der Waals surface area contributed by atoms with Gasteiger partial charge in [0.15, 0.2) is 11.3 Å². The summed E-state index contributed by atoms with van der Waals surface area (Å²) in [5, 5.41) is 17.5. The van der Waals surface area contributed by atoms with Crippen molar-refractivity contribution in [3.63, 3.8) is 0 Å². The van der Waals surface area contributed by atoms with Gasteiger partial charge < -0.3 is 9.13 Å². The van der Waals surface area contributed by atoms with Crippen LogP contribution in [0.1, 0.15) is 34.2 Å². The number of benzene rings is 1. The van der Waals surface area contributed by atoms with E-state index in [-0.39, 0.29) is 0 Å². The van der Waals surface area contributed by atoms with Gasteiger partial charge in [0.1, 0.15) is 11.6 Å². The highest BCUT2D eigenvalue weighted by Gasteiger charge is 2.13. The maximum atomic E-state index is 5.97. The number of fused-ring (bicyclic) bond motifs is 6. The fraction of sp³-hybridized carbons (Fsp3) is 0.182. The summed E-state index contributed by atoms with van der Waals surface area (Å²) < 4.78 is 8.80. The van der Waals surface area contributed by atoms with Crippen molar-refractivity contribution in [3.8, 4) is 0 Å². The number of hydrogen-bond acceptors (Lipinski definition) is 5. The third kappa shape index (κ3) is 4.81. The smallest absolute Gasteiger partial charge is 0.161 e. The molecule has 43 heavy (non-hydrogen) atoms.